The number of carbonyl (C=O) groups excluding carboxylic acids is 4. The van der Waals surface area contributed by atoms with Crippen LogP contribution in [0.4, 0.5) is 11.4 Å². The Morgan fingerprint density at radius 2 is 0.909 bits per heavy atom. The topological polar surface area (TPSA) is 108 Å². The van der Waals surface area contributed by atoms with Gasteiger partial charge in [-0.2, -0.15) is 0 Å². The first-order valence-electron chi connectivity index (χ1n) is 13.5. The monoisotopic (exact) mass is 670 g/mol. The van der Waals surface area contributed by atoms with Gasteiger partial charge in [-0.25, -0.2) is 19.8 Å². The highest BCUT2D eigenvalue weighted by atomic mass is 35.5. The Morgan fingerprint density at radius 1 is 0.500 bits per heavy atom. The lowest BCUT2D eigenvalue weighted by molar-refractivity contribution is -0.136. The van der Waals surface area contributed by atoms with E-state index in [4.69, 9.17) is 55.2 Å². The summed E-state index contributed by atoms with van der Waals surface area (Å²) < 4.78 is 11.6. The lowest BCUT2D eigenvalue weighted by Gasteiger charge is -2.34. The van der Waals surface area contributed by atoms with Crippen molar-refractivity contribution in [3.8, 4) is 0 Å². The molecule has 0 bridgehead atoms. The molecule has 4 fully saturated rings. The summed E-state index contributed by atoms with van der Waals surface area (Å²) in [6.07, 6.45) is 2.90. The molecule has 6 atom stereocenters. The third-order valence-corrected chi connectivity index (χ3v) is 10.2. The van der Waals surface area contributed by atoms with Crippen molar-refractivity contribution in [1.82, 2.24) is 10.0 Å². The quantitative estimate of drug-likeness (QED) is 0.246. The maximum atomic E-state index is 14.3. The predicted octanol–water partition coefficient (Wildman–Crippen LogP) is 5.93. The highest BCUT2D eigenvalue weighted by Crippen LogP contribution is 2.60. The fourth-order valence-electron chi connectivity index (χ4n) is 7.07. The van der Waals surface area contributed by atoms with Crippen molar-refractivity contribution in [2.75, 3.05) is 9.80 Å². The van der Waals surface area contributed by atoms with E-state index in [0.717, 1.165) is 9.80 Å². The minimum absolute atomic E-state index is 0.175. The number of anilines is 2. The average Bonchev–Trinajstić information content (AvgIpc) is 3.82. The van der Waals surface area contributed by atoms with Crippen LogP contribution in [-0.4, -0.2) is 45.7 Å². The fraction of sp³-hybridized carbons (Fsp3) is 0.200. The molecule has 8 rings (SSSR count). The molecular formula is C30H18Cl4N4O6. The van der Waals surface area contributed by atoms with Crippen LogP contribution in [0.25, 0.3) is 0 Å². The fourth-order valence-corrected chi connectivity index (χ4v) is 7.65. The smallest absolute Gasteiger partial charge is 0.253 e. The largest absolute Gasteiger partial charge is 0.468 e. The van der Waals surface area contributed by atoms with Gasteiger partial charge >= 0.3 is 0 Å². The van der Waals surface area contributed by atoms with Crippen LogP contribution in [0.3, 0.4) is 0 Å². The zero-order valence-corrected chi connectivity index (χ0v) is 25.2. The van der Waals surface area contributed by atoms with Gasteiger partial charge in [-0.05, 0) is 60.7 Å². The van der Waals surface area contributed by atoms with Gasteiger partial charge in [0.05, 0.1) is 67.9 Å². The first kappa shape index (κ1) is 27.9. The molecule has 0 spiro atoms. The number of benzene rings is 2. The summed E-state index contributed by atoms with van der Waals surface area (Å²) in [4.78, 5) is 59.2. The van der Waals surface area contributed by atoms with Crippen molar-refractivity contribution in [2.45, 2.75) is 24.2 Å². The van der Waals surface area contributed by atoms with Crippen LogP contribution in [0.2, 0.25) is 20.1 Å². The van der Waals surface area contributed by atoms with E-state index in [9.17, 15) is 19.2 Å². The molecule has 4 saturated heterocycles. The number of hydrogen-bond donors (Lipinski definition) is 0. The molecule has 0 N–H and O–H groups in total. The number of halogens is 4. The zero-order chi connectivity index (χ0) is 30.6. The normalized spacial score (nSPS) is 28.4. The highest BCUT2D eigenvalue weighted by molar-refractivity contribution is 6.43. The predicted molar refractivity (Wildman–Crippen MR) is 159 cm³/mol. The molecule has 0 unspecified atom stereocenters. The minimum Gasteiger partial charge on any atom is -0.468 e. The highest BCUT2D eigenvalue weighted by Gasteiger charge is 2.74. The van der Waals surface area contributed by atoms with Gasteiger partial charge < -0.3 is 8.83 Å². The first-order chi connectivity index (χ1) is 21.2. The van der Waals surface area contributed by atoms with Crippen molar-refractivity contribution in [3.05, 3.63) is 105 Å². The molecule has 4 amide bonds. The molecule has 10 nitrogen and oxygen atoms in total. The second-order valence-electron chi connectivity index (χ2n) is 10.8. The van der Waals surface area contributed by atoms with Crippen LogP contribution in [0.1, 0.15) is 23.6 Å². The summed E-state index contributed by atoms with van der Waals surface area (Å²) in [5.74, 6) is -3.40. The van der Waals surface area contributed by atoms with E-state index in [-0.39, 0.29) is 31.5 Å². The Labute approximate surface area is 269 Å². The Balaban J connectivity index is 1.30. The van der Waals surface area contributed by atoms with E-state index in [1.807, 2.05) is 0 Å². The van der Waals surface area contributed by atoms with Crippen LogP contribution in [0.5, 0.6) is 0 Å². The van der Waals surface area contributed by atoms with Gasteiger partial charge in [-0.15, -0.1) is 0 Å². The van der Waals surface area contributed by atoms with Crippen LogP contribution in [-0.2, 0) is 19.2 Å². The van der Waals surface area contributed by atoms with E-state index in [1.54, 1.807) is 34.3 Å². The number of fused-ring (bicyclic) bond motifs is 5. The van der Waals surface area contributed by atoms with Gasteiger partial charge in [0.25, 0.3) is 11.8 Å². The number of rotatable bonds is 4. The second kappa shape index (κ2) is 9.93. The van der Waals surface area contributed by atoms with Crippen LogP contribution in [0, 0.1) is 11.8 Å². The lowest BCUT2D eigenvalue weighted by atomic mass is 9.87. The molecule has 6 heterocycles. The molecule has 0 aliphatic carbocycles. The summed E-state index contributed by atoms with van der Waals surface area (Å²) >= 11 is 24.7. The molecule has 4 aromatic rings. The summed E-state index contributed by atoms with van der Waals surface area (Å²) in [5.41, 5.74) is 0.501. The van der Waals surface area contributed by atoms with Crippen molar-refractivity contribution >= 4 is 81.4 Å². The van der Waals surface area contributed by atoms with Crippen LogP contribution in [0.15, 0.2) is 82.0 Å². The SMILES string of the molecule is O=C1[C@H]2[C@@H](c3ccco3)N3[C@H]4C(=O)N(c5ccc(Cl)c(Cl)c5)C(=O)[C@H]4[C@@H](c4ccco4)N3[C@H]2C(=O)N1c1ccc(Cl)c(Cl)c1. The molecule has 0 radical (unpaired) electrons. The lowest BCUT2D eigenvalue weighted by Crippen LogP contribution is -2.50. The van der Waals surface area contributed by atoms with Crippen molar-refractivity contribution in [2.24, 2.45) is 11.8 Å². The zero-order valence-electron chi connectivity index (χ0n) is 22.1. The van der Waals surface area contributed by atoms with Gasteiger partial charge in [-0.1, -0.05) is 46.4 Å². The van der Waals surface area contributed by atoms with E-state index in [2.05, 4.69) is 0 Å². The van der Waals surface area contributed by atoms with Gasteiger partial charge in [-0.3, -0.25) is 19.2 Å². The standard InChI is InChI=1S/C30H18Cl4N4O6/c31-15-7-5-13(11-17(15)33)35-27(39)21-23(19-3-1-9-43-19)37-26-22(24(20-4-2-10-44-20)38(37)25(21)29(35)41)28(40)36(30(26)42)14-6-8-16(32)18(34)12-14/h1-12,21-26H/t21-,22-,23+,24+,25+,26+/m0/s1. The molecule has 14 heteroatoms. The summed E-state index contributed by atoms with van der Waals surface area (Å²) in [7, 11) is 0. The third kappa shape index (κ3) is 3.70. The van der Waals surface area contributed by atoms with Crippen LogP contribution >= 0.6 is 46.4 Å². The molecule has 4 aliphatic heterocycles. The number of nitrogens with zero attached hydrogens (tertiary/aromatic N) is 4. The Bertz CT molecular complexity index is 1750. The van der Waals surface area contributed by atoms with Crippen molar-refractivity contribution < 1.29 is 28.0 Å². The van der Waals surface area contributed by atoms with E-state index in [0.29, 0.717) is 11.5 Å². The van der Waals surface area contributed by atoms with Gasteiger partial charge in [0.1, 0.15) is 23.6 Å². The van der Waals surface area contributed by atoms with Gasteiger partial charge in [0.15, 0.2) is 0 Å². The molecule has 44 heavy (non-hydrogen) atoms. The van der Waals surface area contributed by atoms with Gasteiger partial charge in [0, 0.05) is 0 Å². The number of hydrogen-bond acceptors (Lipinski definition) is 8. The number of carbonyl (C=O) groups is 4. The van der Waals surface area contributed by atoms with E-state index >= 15 is 0 Å². The maximum Gasteiger partial charge on any atom is 0.253 e. The molecular weight excluding hydrogens is 654 g/mol. The maximum absolute atomic E-state index is 14.3. The first-order valence-corrected chi connectivity index (χ1v) is 15.0. The van der Waals surface area contributed by atoms with Crippen molar-refractivity contribution in [1.29, 1.82) is 0 Å². The molecule has 4 aliphatic rings. The number of imide groups is 2. The summed E-state index contributed by atoms with van der Waals surface area (Å²) in [6, 6.07) is 11.7. The van der Waals surface area contributed by atoms with Crippen LogP contribution < -0.4 is 9.80 Å². The Hall–Kier alpha value is -3.64. The molecule has 2 aromatic carbocycles. The summed E-state index contributed by atoms with van der Waals surface area (Å²) in [5, 5.41) is 4.20. The summed E-state index contributed by atoms with van der Waals surface area (Å²) in [6.45, 7) is 0. The van der Waals surface area contributed by atoms with E-state index in [1.165, 1.54) is 48.9 Å². The van der Waals surface area contributed by atoms with Gasteiger partial charge in [0.2, 0.25) is 11.8 Å². The number of amides is 4. The average molecular weight is 672 g/mol. The molecule has 2 aromatic heterocycles. The van der Waals surface area contributed by atoms with Crippen molar-refractivity contribution in [3.63, 3.8) is 0 Å². The minimum atomic E-state index is -1.09. The third-order valence-electron chi connectivity index (χ3n) is 8.72. The van der Waals surface area contributed by atoms with E-state index < -0.39 is 59.6 Å². The molecule has 0 saturated carbocycles. The Kier molecular flexibility index (Phi) is 6.29. The number of hydrazine groups is 1. The Morgan fingerprint density at radius 3 is 1.25 bits per heavy atom. The number of furan rings is 2. The molecule has 222 valence electrons. The second-order valence-corrected chi connectivity index (χ2v) is 12.5.